The highest BCUT2D eigenvalue weighted by atomic mass is 16.2. The average molecular weight is 1040 g/mol. The molecule has 0 fully saturated rings. The number of hydrogen-bond donors (Lipinski definition) is 10. The summed E-state index contributed by atoms with van der Waals surface area (Å²) >= 11 is 0. The van der Waals surface area contributed by atoms with Gasteiger partial charge in [0.25, 0.3) is 11.7 Å². The van der Waals surface area contributed by atoms with E-state index in [4.69, 9.17) is 5.73 Å². The lowest BCUT2D eigenvalue weighted by atomic mass is 9.97. The molecular formula is C50H80N14O10. The van der Waals surface area contributed by atoms with Gasteiger partial charge in [0.1, 0.15) is 41.8 Å². The van der Waals surface area contributed by atoms with Gasteiger partial charge in [-0.3, -0.25) is 47.9 Å². The number of carbonyl (C=O) groups is 10. The molecule has 1 aromatic heterocycles. The first-order valence-corrected chi connectivity index (χ1v) is 25.0. The van der Waals surface area contributed by atoms with Crippen molar-refractivity contribution in [1.82, 2.24) is 68.1 Å². The van der Waals surface area contributed by atoms with Crippen LogP contribution in [0.25, 0.3) is 5.69 Å². The largest absolute Gasteiger partial charge is 0.368 e. The normalized spacial score (nSPS) is 13.8. The van der Waals surface area contributed by atoms with Crippen molar-refractivity contribution in [3.63, 3.8) is 0 Å². The first-order valence-electron chi connectivity index (χ1n) is 25.0. The van der Waals surface area contributed by atoms with Gasteiger partial charge in [-0.1, -0.05) is 80.2 Å². The number of nitrogens with one attached hydrogen (secondary N) is 9. The SMILES string of the molecule is C=C(C)C(=O)NCCC[C@H](NC(=O)[C@@H](NC(C)=O)C(C)C)C(=O)N[C@@H](CC(C)C)C(=O)NC(C)(C)C(=O)N[C@H](C(=O)N[C@@H](CCCNC(=O)c1nnn(-c2ccccc2)n1)C(=O)N[C@@H](CC(C)C)C(N)=O)C(C)C. The Hall–Kier alpha value is -7.27. The molecule has 0 unspecified atom stereocenters. The number of benzene rings is 1. The van der Waals surface area contributed by atoms with E-state index in [1.807, 2.05) is 33.8 Å². The van der Waals surface area contributed by atoms with Crippen LogP contribution >= 0.6 is 0 Å². The molecular weight excluding hydrogens is 957 g/mol. The minimum atomic E-state index is -1.70. The molecule has 0 aliphatic rings. The van der Waals surface area contributed by atoms with Crippen molar-refractivity contribution in [2.45, 2.75) is 163 Å². The Labute approximate surface area is 433 Å². The zero-order valence-electron chi connectivity index (χ0n) is 45.0. The molecule has 0 spiro atoms. The number of para-hydroxylation sites is 1. The van der Waals surface area contributed by atoms with Crippen LogP contribution in [0.5, 0.6) is 0 Å². The van der Waals surface area contributed by atoms with Crippen molar-refractivity contribution < 1.29 is 47.9 Å². The highest BCUT2D eigenvalue weighted by molar-refractivity contribution is 5.99. The monoisotopic (exact) mass is 1040 g/mol. The van der Waals surface area contributed by atoms with Crippen LogP contribution in [0.4, 0.5) is 0 Å². The van der Waals surface area contributed by atoms with E-state index in [1.54, 1.807) is 58.9 Å². The molecule has 1 heterocycles. The number of hydrogen-bond acceptors (Lipinski definition) is 13. The predicted molar refractivity (Wildman–Crippen MR) is 275 cm³/mol. The second-order valence-electron chi connectivity index (χ2n) is 20.5. The molecule has 2 aromatic rings. The lowest BCUT2D eigenvalue weighted by Gasteiger charge is -2.32. The van der Waals surface area contributed by atoms with E-state index < -0.39 is 101 Å². The highest BCUT2D eigenvalue weighted by Gasteiger charge is 2.38. The Morgan fingerprint density at radius 3 is 1.57 bits per heavy atom. The topological polar surface area (TPSA) is 349 Å². The van der Waals surface area contributed by atoms with Gasteiger partial charge in [-0.15, -0.1) is 15.0 Å². The zero-order valence-corrected chi connectivity index (χ0v) is 45.0. The number of tetrazole rings is 1. The fraction of sp³-hybridized carbons (Fsp3) is 0.620. The van der Waals surface area contributed by atoms with Crippen molar-refractivity contribution >= 4 is 59.1 Å². The summed E-state index contributed by atoms with van der Waals surface area (Å²) in [6.45, 7) is 23.5. The summed E-state index contributed by atoms with van der Waals surface area (Å²) in [5.74, 6) is -7.97. The van der Waals surface area contributed by atoms with Gasteiger partial charge in [-0.2, -0.15) is 0 Å². The summed E-state index contributed by atoms with van der Waals surface area (Å²) in [7, 11) is 0. The van der Waals surface area contributed by atoms with Gasteiger partial charge < -0.3 is 53.6 Å². The second kappa shape index (κ2) is 30.1. The van der Waals surface area contributed by atoms with Crippen molar-refractivity contribution in [2.75, 3.05) is 13.1 Å². The van der Waals surface area contributed by atoms with Crippen molar-refractivity contribution in [2.24, 2.45) is 29.4 Å². The third-order valence-electron chi connectivity index (χ3n) is 11.4. The van der Waals surface area contributed by atoms with Crippen LogP contribution < -0.4 is 53.6 Å². The maximum atomic E-state index is 14.1. The van der Waals surface area contributed by atoms with Gasteiger partial charge in [-0.25, -0.2) is 0 Å². The van der Waals surface area contributed by atoms with Gasteiger partial charge in [-0.05, 0) is 100 Å². The molecule has 0 radical (unpaired) electrons. The Morgan fingerprint density at radius 2 is 1.09 bits per heavy atom. The van der Waals surface area contributed by atoms with E-state index in [0.717, 1.165) is 0 Å². The predicted octanol–water partition coefficient (Wildman–Crippen LogP) is 0.358. The Kier molecular flexibility index (Phi) is 25.5. The molecule has 2 rings (SSSR count). The first-order chi connectivity index (χ1) is 34.5. The van der Waals surface area contributed by atoms with Crippen molar-refractivity contribution in [3.8, 4) is 5.69 Å². The van der Waals surface area contributed by atoms with Crippen LogP contribution in [0.2, 0.25) is 0 Å². The Bertz CT molecular complexity index is 2280. The van der Waals surface area contributed by atoms with E-state index in [9.17, 15) is 47.9 Å². The Morgan fingerprint density at radius 1 is 0.622 bits per heavy atom. The molecule has 1 aromatic carbocycles. The van der Waals surface area contributed by atoms with Gasteiger partial charge in [0.2, 0.25) is 53.2 Å². The first kappa shape index (κ1) is 62.8. The third-order valence-corrected chi connectivity index (χ3v) is 11.4. The molecule has 11 N–H and O–H groups in total. The molecule has 410 valence electrons. The molecule has 0 saturated heterocycles. The number of carbonyl (C=O) groups excluding carboxylic acids is 10. The third kappa shape index (κ3) is 21.4. The summed E-state index contributed by atoms with van der Waals surface area (Å²) in [6, 6.07) is 1.81. The fourth-order valence-corrected chi connectivity index (χ4v) is 7.31. The number of primary amides is 1. The minimum absolute atomic E-state index is 0.0159. The van der Waals surface area contributed by atoms with E-state index >= 15 is 0 Å². The Balaban J connectivity index is 2.30. The van der Waals surface area contributed by atoms with Gasteiger partial charge in [0.05, 0.1) is 5.69 Å². The average Bonchev–Trinajstić information content (AvgIpc) is 3.81. The van der Waals surface area contributed by atoms with Crippen LogP contribution in [-0.4, -0.2) is 134 Å². The molecule has 10 amide bonds. The van der Waals surface area contributed by atoms with Crippen LogP contribution in [0.1, 0.15) is 132 Å². The fourth-order valence-electron chi connectivity index (χ4n) is 7.31. The lowest BCUT2D eigenvalue weighted by Crippen LogP contribution is -2.64. The van der Waals surface area contributed by atoms with Gasteiger partial charge in [0, 0.05) is 25.6 Å². The number of nitrogens with two attached hydrogens (primary N) is 1. The van der Waals surface area contributed by atoms with E-state index in [2.05, 4.69) is 69.8 Å². The second-order valence-corrected chi connectivity index (χ2v) is 20.5. The molecule has 0 aliphatic heterocycles. The summed E-state index contributed by atoms with van der Waals surface area (Å²) in [6.07, 6.45) is 0.692. The number of nitrogens with zero attached hydrogens (tertiary/aromatic N) is 4. The summed E-state index contributed by atoms with van der Waals surface area (Å²) in [4.78, 5) is 134. The van der Waals surface area contributed by atoms with E-state index in [-0.39, 0.29) is 86.7 Å². The summed E-state index contributed by atoms with van der Waals surface area (Å²) in [5.41, 5.74) is 4.79. The summed E-state index contributed by atoms with van der Waals surface area (Å²) < 4.78 is 0. The van der Waals surface area contributed by atoms with Crippen LogP contribution in [-0.2, 0) is 43.2 Å². The maximum absolute atomic E-state index is 14.1. The van der Waals surface area contributed by atoms with Crippen LogP contribution in [0, 0.1) is 23.7 Å². The molecule has 24 nitrogen and oxygen atoms in total. The summed E-state index contributed by atoms with van der Waals surface area (Å²) in [5, 5.41) is 35.9. The number of amides is 10. The molecule has 6 atom stereocenters. The molecule has 0 bridgehead atoms. The molecule has 0 aliphatic carbocycles. The number of rotatable bonds is 31. The van der Waals surface area contributed by atoms with Gasteiger partial charge in [0.15, 0.2) is 0 Å². The quantitative estimate of drug-likeness (QED) is 0.0361. The smallest absolute Gasteiger partial charge is 0.292 e. The molecule has 0 saturated carbocycles. The van der Waals surface area contributed by atoms with E-state index in [0.29, 0.717) is 5.69 Å². The highest BCUT2D eigenvalue weighted by Crippen LogP contribution is 2.14. The van der Waals surface area contributed by atoms with Crippen molar-refractivity contribution in [3.05, 3.63) is 48.3 Å². The van der Waals surface area contributed by atoms with Crippen LogP contribution in [0.15, 0.2) is 42.5 Å². The van der Waals surface area contributed by atoms with Crippen LogP contribution in [0.3, 0.4) is 0 Å². The number of aromatic nitrogens is 4. The zero-order chi connectivity index (χ0) is 56.0. The maximum Gasteiger partial charge on any atom is 0.292 e. The molecule has 74 heavy (non-hydrogen) atoms. The standard InChI is InChI=1S/C50H80N14O10/c1-27(2)25-36(40(51)66)57-43(68)34(22-18-24-53-48(73)41-61-63-64(62-41)33-19-15-14-16-20-33)56-47(72)39(30(7)8)59-49(74)50(12,13)60-45(70)37(26-28(3)4)58-44(69)35(21-17-23-52-42(67)31(9)10)55-46(71)38(29(5)6)54-32(11)65/h14-16,19-20,27-30,34-39H,9,17-18,21-26H2,1-8,10-13H3,(H2,51,66)(H,52,67)(H,53,73)(H,54,65)(H,55,71)(H,56,72)(H,57,68)(H,58,69)(H,59,74)(H,60,70)/t34-,35-,36-,37-,38-,39-/m0/s1. The lowest BCUT2D eigenvalue weighted by molar-refractivity contribution is -0.138. The molecule has 24 heteroatoms. The van der Waals surface area contributed by atoms with Crippen molar-refractivity contribution in [1.29, 1.82) is 0 Å². The van der Waals surface area contributed by atoms with Gasteiger partial charge >= 0.3 is 0 Å². The van der Waals surface area contributed by atoms with E-state index in [1.165, 1.54) is 25.6 Å². The minimum Gasteiger partial charge on any atom is -0.368 e.